The second kappa shape index (κ2) is 4.09. The highest BCUT2D eigenvalue weighted by atomic mass is 32.1. The molecule has 0 aliphatic carbocycles. The Kier molecular flexibility index (Phi) is 2.64. The minimum Gasteiger partial charge on any atom is -0.383 e. The van der Waals surface area contributed by atoms with Crippen LogP contribution in [0.2, 0.25) is 0 Å². The molecule has 0 aliphatic heterocycles. The van der Waals surface area contributed by atoms with Crippen LogP contribution in [0.5, 0.6) is 0 Å². The molecule has 0 radical (unpaired) electrons. The average molecular weight is 222 g/mol. The van der Waals surface area contributed by atoms with Crippen molar-refractivity contribution < 1.29 is 0 Å². The minimum absolute atomic E-state index is 0.164. The Labute approximate surface area is 90.4 Å². The molecule has 0 unspecified atom stereocenters. The fourth-order valence-corrected chi connectivity index (χ4v) is 1.64. The van der Waals surface area contributed by atoms with E-state index in [1.54, 1.807) is 23.6 Å². The van der Waals surface area contributed by atoms with Crippen LogP contribution < -0.4 is 16.8 Å². The molecule has 0 amide bonds. The maximum Gasteiger partial charge on any atom is 0.223 e. The molecular weight excluding hydrogens is 212 g/mol. The second-order valence-corrected chi connectivity index (χ2v) is 3.79. The van der Waals surface area contributed by atoms with E-state index < -0.39 is 0 Å². The zero-order valence-electron chi connectivity index (χ0n) is 7.84. The van der Waals surface area contributed by atoms with Crippen LogP contribution in [0.3, 0.4) is 0 Å². The van der Waals surface area contributed by atoms with Crippen molar-refractivity contribution in [1.29, 1.82) is 0 Å². The van der Waals surface area contributed by atoms with Gasteiger partial charge in [0.25, 0.3) is 0 Å². The van der Waals surface area contributed by atoms with Crippen molar-refractivity contribution >= 4 is 28.9 Å². The third-order valence-electron chi connectivity index (χ3n) is 1.67. The van der Waals surface area contributed by atoms with Gasteiger partial charge in [-0.3, -0.25) is 0 Å². The number of nitrogens with one attached hydrogen (secondary N) is 1. The van der Waals surface area contributed by atoms with Crippen molar-refractivity contribution in [3.63, 3.8) is 0 Å². The zero-order valence-corrected chi connectivity index (χ0v) is 8.66. The minimum atomic E-state index is 0.164. The number of thiazole rings is 1. The number of nitrogens with zero attached hydrogens (tertiary/aromatic N) is 3. The van der Waals surface area contributed by atoms with Crippen LogP contribution in [0.25, 0.3) is 0 Å². The Morgan fingerprint density at radius 2 is 2.20 bits per heavy atom. The van der Waals surface area contributed by atoms with Crippen LogP contribution in [-0.2, 0) is 6.54 Å². The van der Waals surface area contributed by atoms with Crippen molar-refractivity contribution in [2.75, 3.05) is 16.8 Å². The quantitative estimate of drug-likeness (QED) is 0.706. The normalized spacial score (nSPS) is 10.1. The summed E-state index contributed by atoms with van der Waals surface area (Å²) < 4.78 is 0. The summed E-state index contributed by atoms with van der Waals surface area (Å²) in [6.07, 6.45) is 1.75. The standard InChI is InChI=1S/C8H10N6S/c9-5-3-6(14-8(10)13-5)12-4-7-11-1-2-15-7/h1-3H,4H2,(H5,9,10,12,13,14). The van der Waals surface area contributed by atoms with E-state index in [1.165, 1.54) is 0 Å². The smallest absolute Gasteiger partial charge is 0.223 e. The van der Waals surface area contributed by atoms with Crippen LogP contribution in [0.15, 0.2) is 17.6 Å². The Balaban J connectivity index is 2.05. The van der Waals surface area contributed by atoms with Crippen LogP contribution in [0.4, 0.5) is 17.6 Å². The van der Waals surface area contributed by atoms with E-state index >= 15 is 0 Å². The van der Waals surface area contributed by atoms with Gasteiger partial charge in [-0.25, -0.2) is 4.98 Å². The predicted molar refractivity (Wildman–Crippen MR) is 60.3 cm³/mol. The Morgan fingerprint density at radius 1 is 1.33 bits per heavy atom. The summed E-state index contributed by atoms with van der Waals surface area (Å²) in [5.41, 5.74) is 11.0. The van der Waals surface area contributed by atoms with Crippen molar-refractivity contribution in [3.05, 3.63) is 22.7 Å². The van der Waals surface area contributed by atoms with E-state index in [9.17, 15) is 0 Å². The number of hydrogen-bond donors (Lipinski definition) is 3. The monoisotopic (exact) mass is 222 g/mol. The molecule has 2 aromatic heterocycles. The molecule has 2 aromatic rings. The number of rotatable bonds is 3. The van der Waals surface area contributed by atoms with E-state index in [0.717, 1.165) is 5.01 Å². The molecule has 5 N–H and O–H groups in total. The number of nitrogens with two attached hydrogens (primary N) is 2. The predicted octanol–water partition coefficient (Wildman–Crippen LogP) is 0.710. The summed E-state index contributed by atoms with van der Waals surface area (Å²) in [6, 6.07) is 1.63. The van der Waals surface area contributed by atoms with Gasteiger partial charge >= 0.3 is 0 Å². The fourth-order valence-electron chi connectivity index (χ4n) is 1.08. The van der Waals surface area contributed by atoms with E-state index in [4.69, 9.17) is 11.5 Å². The van der Waals surface area contributed by atoms with Crippen LogP contribution >= 0.6 is 11.3 Å². The maximum atomic E-state index is 5.52. The van der Waals surface area contributed by atoms with Crippen LogP contribution in [0, 0.1) is 0 Å². The molecule has 0 fully saturated rings. The van der Waals surface area contributed by atoms with E-state index in [0.29, 0.717) is 18.2 Å². The van der Waals surface area contributed by atoms with Crippen LogP contribution in [-0.4, -0.2) is 15.0 Å². The lowest BCUT2D eigenvalue weighted by atomic mass is 10.5. The largest absolute Gasteiger partial charge is 0.383 e. The molecule has 0 aliphatic rings. The van der Waals surface area contributed by atoms with Crippen molar-refractivity contribution in [2.24, 2.45) is 0 Å². The van der Waals surface area contributed by atoms with Gasteiger partial charge in [0, 0.05) is 17.6 Å². The zero-order chi connectivity index (χ0) is 10.7. The molecule has 0 saturated carbocycles. The summed E-state index contributed by atoms with van der Waals surface area (Å²) >= 11 is 1.57. The van der Waals surface area contributed by atoms with Gasteiger partial charge in [0.2, 0.25) is 5.95 Å². The summed E-state index contributed by atoms with van der Waals surface area (Å²) in [5.74, 6) is 1.12. The first kappa shape index (κ1) is 9.66. The third-order valence-corrected chi connectivity index (χ3v) is 2.45. The van der Waals surface area contributed by atoms with Gasteiger partial charge in [-0.1, -0.05) is 0 Å². The Bertz CT molecular complexity index is 420. The molecular formula is C8H10N6S. The maximum absolute atomic E-state index is 5.52. The molecule has 2 rings (SSSR count). The lowest BCUT2D eigenvalue weighted by Crippen LogP contribution is -2.05. The number of aromatic nitrogens is 3. The first-order valence-electron chi connectivity index (χ1n) is 4.26. The summed E-state index contributed by atoms with van der Waals surface area (Å²) in [5, 5.41) is 5.96. The molecule has 0 spiro atoms. The highest BCUT2D eigenvalue weighted by molar-refractivity contribution is 7.09. The highest BCUT2D eigenvalue weighted by Gasteiger charge is 2.00. The number of nitrogen functional groups attached to an aromatic ring is 2. The van der Waals surface area contributed by atoms with Gasteiger partial charge in [0.15, 0.2) is 0 Å². The Hall–Kier alpha value is -1.89. The van der Waals surface area contributed by atoms with Crippen molar-refractivity contribution in [1.82, 2.24) is 15.0 Å². The first-order valence-corrected chi connectivity index (χ1v) is 5.14. The van der Waals surface area contributed by atoms with Gasteiger partial charge in [0.05, 0.1) is 6.54 Å². The average Bonchev–Trinajstić information content (AvgIpc) is 2.65. The third kappa shape index (κ3) is 2.53. The Morgan fingerprint density at radius 3 is 2.87 bits per heavy atom. The molecule has 7 heteroatoms. The van der Waals surface area contributed by atoms with Gasteiger partial charge in [-0.15, -0.1) is 11.3 Å². The van der Waals surface area contributed by atoms with Crippen molar-refractivity contribution in [2.45, 2.75) is 6.54 Å². The van der Waals surface area contributed by atoms with Gasteiger partial charge in [-0.2, -0.15) is 9.97 Å². The molecule has 15 heavy (non-hydrogen) atoms. The molecule has 0 saturated heterocycles. The van der Waals surface area contributed by atoms with Crippen LogP contribution in [0.1, 0.15) is 5.01 Å². The molecule has 6 nitrogen and oxygen atoms in total. The fraction of sp³-hybridized carbons (Fsp3) is 0.125. The number of hydrogen-bond acceptors (Lipinski definition) is 7. The molecule has 78 valence electrons. The molecule has 0 aromatic carbocycles. The molecule has 0 bridgehead atoms. The highest BCUT2D eigenvalue weighted by Crippen LogP contribution is 2.11. The first-order chi connectivity index (χ1) is 7.24. The van der Waals surface area contributed by atoms with Gasteiger partial charge < -0.3 is 16.8 Å². The second-order valence-electron chi connectivity index (χ2n) is 2.82. The van der Waals surface area contributed by atoms with Crippen molar-refractivity contribution in [3.8, 4) is 0 Å². The lowest BCUT2D eigenvalue weighted by Gasteiger charge is -2.04. The van der Waals surface area contributed by atoms with E-state index in [1.807, 2.05) is 5.38 Å². The molecule has 2 heterocycles. The van der Waals surface area contributed by atoms with E-state index in [2.05, 4.69) is 20.3 Å². The van der Waals surface area contributed by atoms with Gasteiger partial charge in [0.1, 0.15) is 16.6 Å². The topological polar surface area (TPSA) is 103 Å². The summed E-state index contributed by atoms with van der Waals surface area (Å²) in [6.45, 7) is 0.605. The van der Waals surface area contributed by atoms with E-state index in [-0.39, 0.29) is 5.95 Å². The summed E-state index contributed by atoms with van der Waals surface area (Å²) in [4.78, 5) is 11.9. The number of anilines is 3. The lowest BCUT2D eigenvalue weighted by molar-refractivity contribution is 1.07. The SMILES string of the molecule is Nc1cc(NCc2nccs2)nc(N)n1. The van der Waals surface area contributed by atoms with Gasteiger partial charge in [-0.05, 0) is 0 Å². The summed E-state index contributed by atoms with van der Waals surface area (Å²) in [7, 11) is 0. The molecule has 0 atom stereocenters.